The maximum atomic E-state index is 12.4. The van der Waals surface area contributed by atoms with Gasteiger partial charge in [0, 0.05) is 85.2 Å². The minimum atomic E-state index is -3.56. The molecular weight excluding hydrogens is 1180 g/mol. The Labute approximate surface area is 495 Å². The second kappa shape index (κ2) is 32.1. The van der Waals surface area contributed by atoms with E-state index in [4.69, 9.17) is 0 Å². The van der Waals surface area contributed by atoms with Crippen molar-refractivity contribution < 1.29 is 33.7 Å². The van der Waals surface area contributed by atoms with Crippen molar-refractivity contribution in [2.45, 2.75) is 94.2 Å². The lowest BCUT2D eigenvalue weighted by molar-refractivity contribution is 0.474. The molecule has 0 saturated carbocycles. The second-order valence-corrected chi connectivity index (χ2v) is 28.4. The molecule has 0 bridgehead atoms. The predicted octanol–water partition coefficient (Wildman–Crippen LogP) is 4.84. The van der Waals surface area contributed by atoms with Crippen molar-refractivity contribution in [3.8, 4) is 47.4 Å². The molecule has 4 unspecified atom stereocenters. The normalized spacial score (nSPS) is 19.4. The molecule has 7 heterocycles. The fraction of sp³-hybridized carbons (Fsp3) is 0.462. The average Bonchev–Trinajstić information content (AvgIpc) is 4.31. The summed E-state index contributed by atoms with van der Waals surface area (Å²) < 4.78 is 105. The average molecular weight is 1250 g/mol. The van der Waals surface area contributed by atoms with E-state index in [0.717, 1.165) is 37.1 Å². The van der Waals surface area contributed by atoms with Crippen LogP contribution < -0.4 is 21.3 Å². The highest BCUT2D eigenvalue weighted by atomic mass is 32.2. The highest BCUT2D eigenvalue weighted by molar-refractivity contribution is 7.90. The number of nitrogens with one attached hydrogen (secondary N) is 4. The van der Waals surface area contributed by atoms with Crippen molar-refractivity contribution >= 4 is 114 Å². The Balaban J connectivity index is 0.000000196. The molecule has 4 aliphatic rings. The van der Waals surface area contributed by atoms with Crippen LogP contribution in [0.4, 0.5) is 23.0 Å². The topological polar surface area (TPSA) is 249 Å². The van der Waals surface area contributed by atoms with Crippen LogP contribution in [0.15, 0.2) is 93.2 Å². The Hall–Kier alpha value is -4.92. The summed E-state index contributed by atoms with van der Waals surface area (Å²) in [5, 5.41) is 12.6. The Morgan fingerprint density at radius 3 is 1.18 bits per heavy atom. The van der Waals surface area contributed by atoms with E-state index in [0.29, 0.717) is 95.1 Å². The summed E-state index contributed by atoms with van der Waals surface area (Å²) in [5.41, 5.74) is 1.61. The molecular formula is C52H68N12O8S8. The number of benzene rings is 1. The van der Waals surface area contributed by atoms with E-state index >= 15 is 0 Å². The minimum absolute atomic E-state index is 0.0351. The van der Waals surface area contributed by atoms with Crippen LogP contribution in [-0.2, 0) is 40.1 Å². The number of aromatic nitrogens is 4. The van der Waals surface area contributed by atoms with Crippen molar-refractivity contribution in [2.24, 2.45) is 0 Å². The molecule has 0 spiro atoms. The van der Waals surface area contributed by atoms with Gasteiger partial charge < -0.3 is 21.3 Å². The molecule has 28 heteroatoms. The molecule has 20 nitrogen and oxygen atoms in total. The number of nitrogens with zero attached hydrogens (tertiary/aromatic N) is 8. The van der Waals surface area contributed by atoms with Gasteiger partial charge >= 0.3 is 0 Å². The first-order chi connectivity index (χ1) is 38.1. The summed E-state index contributed by atoms with van der Waals surface area (Å²) in [7, 11) is -13.9. The Bertz CT molecular complexity index is 2920. The van der Waals surface area contributed by atoms with Gasteiger partial charge in [0.25, 0.3) is 20.0 Å². The fourth-order valence-electron chi connectivity index (χ4n) is 7.75. The van der Waals surface area contributed by atoms with Crippen molar-refractivity contribution in [2.75, 3.05) is 99.8 Å². The van der Waals surface area contributed by atoms with Crippen LogP contribution in [0.2, 0.25) is 0 Å². The molecule has 432 valence electrons. The SMILES string of the molecule is CC#CCNc1ccc(S(=O)(=O)N2CCC(S)C2)cc1.CC#CCNc1ccc(S(=O)(=O)N2CCC(S)C2)cn1.CC#CCNc1ccc(S(=O)(=O)N2CCC(S)C2)nc1.CC#CCNc1cnc(S(=O)(=O)N2CCC(S)C2)cn1. The summed E-state index contributed by atoms with van der Waals surface area (Å²) in [6.07, 6.45) is 8.67. The highest BCUT2D eigenvalue weighted by Gasteiger charge is 2.35. The van der Waals surface area contributed by atoms with E-state index < -0.39 is 40.1 Å². The molecule has 80 heavy (non-hydrogen) atoms. The van der Waals surface area contributed by atoms with E-state index in [9.17, 15) is 33.7 Å². The molecule has 4 fully saturated rings. The van der Waals surface area contributed by atoms with Crippen molar-refractivity contribution in [3.63, 3.8) is 0 Å². The number of hydrogen-bond donors (Lipinski definition) is 8. The number of sulfonamides is 4. The summed E-state index contributed by atoms with van der Waals surface area (Å²) in [6, 6.07) is 13.2. The van der Waals surface area contributed by atoms with Gasteiger partial charge in [-0.1, -0.05) is 23.7 Å². The van der Waals surface area contributed by atoms with Gasteiger partial charge in [0.2, 0.25) is 20.0 Å². The maximum Gasteiger partial charge on any atom is 0.262 e. The number of anilines is 4. The number of pyridine rings is 2. The van der Waals surface area contributed by atoms with E-state index in [1.54, 1.807) is 70.2 Å². The van der Waals surface area contributed by atoms with Gasteiger partial charge in [-0.15, -0.1) is 23.7 Å². The third kappa shape index (κ3) is 19.6. The van der Waals surface area contributed by atoms with Crippen molar-refractivity contribution in [1.82, 2.24) is 37.2 Å². The Morgan fingerprint density at radius 2 is 0.787 bits per heavy atom. The number of hydrogen-bond acceptors (Lipinski definition) is 20. The highest BCUT2D eigenvalue weighted by Crippen LogP contribution is 2.27. The number of thiol groups is 4. The maximum absolute atomic E-state index is 12.4. The van der Waals surface area contributed by atoms with Crippen LogP contribution in [0, 0.1) is 47.4 Å². The molecule has 0 amide bonds. The lowest BCUT2D eigenvalue weighted by Gasteiger charge is -2.16. The van der Waals surface area contributed by atoms with Gasteiger partial charge in [0.1, 0.15) is 16.5 Å². The van der Waals surface area contributed by atoms with E-state index in [1.807, 2.05) is 0 Å². The summed E-state index contributed by atoms with van der Waals surface area (Å²) in [4.78, 5) is 16.7. The zero-order valence-corrected chi connectivity index (χ0v) is 51.7. The quantitative estimate of drug-likeness (QED) is 0.0553. The van der Waals surface area contributed by atoms with Crippen LogP contribution in [0.1, 0.15) is 53.4 Å². The zero-order chi connectivity index (χ0) is 58.4. The van der Waals surface area contributed by atoms with Gasteiger partial charge in [-0.2, -0.15) is 67.7 Å². The first kappa shape index (κ1) is 65.9. The van der Waals surface area contributed by atoms with E-state index in [2.05, 4.69) is 139 Å². The molecule has 0 aliphatic carbocycles. The first-order valence-electron chi connectivity index (χ1n) is 25.3. The van der Waals surface area contributed by atoms with Gasteiger partial charge in [0.05, 0.1) is 55.4 Å². The third-order valence-electron chi connectivity index (χ3n) is 12.1. The van der Waals surface area contributed by atoms with Crippen LogP contribution in [0.5, 0.6) is 0 Å². The van der Waals surface area contributed by atoms with Crippen LogP contribution in [0.3, 0.4) is 0 Å². The molecule has 0 radical (unpaired) electrons. The largest absolute Gasteiger partial charge is 0.374 e. The molecule has 4 saturated heterocycles. The van der Waals surface area contributed by atoms with E-state index in [1.165, 1.54) is 48.1 Å². The lowest BCUT2D eigenvalue weighted by Crippen LogP contribution is -2.29. The molecule has 4 N–H and O–H groups in total. The summed E-state index contributed by atoms with van der Waals surface area (Å²) in [6.45, 7) is 12.9. The molecule has 1 aromatic carbocycles. The zero-order valence-electron chi connectivity index (χ0n) is 44.8. The van der Waals surface area contributed by atoms with Crippen molar-refractivity contribution in [3.05, 3.63) is 73.3 Å². The van der Waals surface area contributed by atoms with Gasteiger partial charge in [-0.25, -0.2) is 53.6 Å². The van der Waals surface area contributed by atoms with Crippen LogP contribution in [-0.4, -0.2) is 170 Å². The fourth-order valence-corrected chi connectivity index (χ4v) is 15.2. The Kier molecular flexibility index (Phi) is 26.4. The molecule has 4 aliphatic heterocycles. The van der Waals surface area contributed by atoms with Gasteiger partial charge in [-0.3, -0.25) is 0 Å². The van der Waals surface area contributed by atoms with Crippen LogP contribution >= 0.6 is 50.5 Å². The minimum Gasteiger partial charge on any atom is -0.374 e. The third-order valence-corrected chi connectivity index (χ3v) is 21.1. The molecule has 3 aromatic heterocycles. The summed E-state index contributed by atoms with van der Waals surface area (Å²) >= 11 is 17.3. The van der Waals surface area contributed by atoms with Crippen LogP contribution in [0.25, 0.3) is 0 Å². The van der Waals surface area contributed by atoms with Gasteiger partial charge in [-0.05, 0) is 102 Å². The molecule has 8 rings (SSSR count). The van der Waals surface area contributed by atoms with E-state index in [-0.39, 0.29) is 35.9 Å². The first-order valence-corrected chi connectivity index (χ1v) is 33.1. The smallest absolute Gasteiger partial charge is 0.262 e. The molecule has 4 atom stereocenters. The predicted molar refractivity (Wildman–Crippen MR) is 329 cm³/mol. The second-order valence-electron chi connectivity index (χ2n) is 17.9. The monoisotopic (exact) mass is 1240 g/mol. The Morgan fingerprint density at radius 1 is 0.412 bits per heavy atom. The number of rotatable bonds is 16. The van der Waals surface area contributed by atoms with Crippen molar-refractivity contribution in [1.29, 1.82) is 0 Å². The summed E-state index contributed by atoms with van der Waals surface area (Å²) in [5.74, 6) is 23.6. The lowest BCUT2D eigenvalue weighted by atomic mass is 10.3. The van der Waals surface area contributed by atoms with Gasteiger partial charge in [0.15, 0.2) is 10.1 Å². The standard InChI is InChI=1S/C14H18N2O2S2.2C13H17N3O2S2.C12H16N4O2S2/c1-2-3-9-15-12-4-6-14(7-5-12)20(17,18)16-10-8-13(19)11-16;1-2-3-7-14-13-5-4-12(9-15-13)20(17,18)16-8-6-11(19)10-16;1-2-3-7-14-11-4-5-13(15-9-11)20(17,18)16-8-6-12(19)10-16;1-2-3-5-13-11-7-15-12(8-14-11)20(17,18)16-6-4-10(19)9-16/h4-7,13,15,19H,8-11H2,1H3;4-5,9,11,19H,6-8,10H2,1H3,(H,14,15);4-5,9,12,14,19H,6-8,10H2,1H3;7-8,10,19H,4-6,9H2,1H3,(H,13,14). The molecule has 4 aromatic rings.